The quantitative estimate of drug-likeness (QED) is 0.672. The van der Waals surface area contributed by atoms with Gasteiger partial charge in [-0.15, -0.1) is 0 Å². The third kappa shape index (κ3) is 2.65. The predicted octanol–water partition coefficient (Wildman–Crippen LogP) is 2.44. The van der Waals surface area contributed by atoms with E-state index in [0.29, 0.717) is 17.1 Å². The lowest BCUT2D eigenvalue weighted by atomic mass is 10.1. The first-order valence-corrected chi connectivity index (χ1v) is 5.43. The van der Waals surface area contributed by atoms with Crippen molar-refractivity contribution in [2.24, 2.45) is 0 Å². The van der Waals surface area contributed by atoms with E-state index in [0.717, 1.165) is 11.3 Å². The monoisotopic (exact) mass is 250 g/mol. The highest BCUT2D eigenvalue weighted by Crippen LogP contribution is 2.16. The summed E-state index contributed by atoms with van der Waals surface area (Å²) in [5, 5.41) is 0.474. The van der Waals surface area contributed by atoms with Crippen molar-refractivity contribution in [3.8, 4) is 0 Å². The minimum absolute atomic E-state index is 0.357. The lowest BCUT2D eigenvalue weighted by molar-refractivity contribution is 0.0601. The molecule has 5 heteroatoms. The maximum absolute atomic E-state index is 11.3. The Bertz CT molecular complexity index is 537. The Morgan fingerprint density at radius 2 is 2.41 bits per heavy atom. The van der Waals surface area contributed by atoms with Crippen molar-refractivity contribution in [3.05, 3.63) is 52.6 Å². The molecule has 0 bridgehead atoms. The maximum atomic E-state index is 11.3. The van der Waals surface area contributed by atoms with Gasteiger partial charge in [0, 0.05) is 24.5 Å². The molecule has 2 aromatic rings. The van der Waals surface area contributed by atoms with Crippen LogP contribution in [-0.4, -0.2) is 23.0 Å². The van der Waals surface area contributed by atoms with Crippen LogP contribution in [0, 0.1) is 0 Å². The number of carbonyl (C=O) groups is 1. The summed E-state index contributed by atoms with van der Waals surface area (Å²) >= 11 is 5.95. The average Bonchev–Trinajstić information content (AvgIpc) is 2.80. The molecule has 0 unspecified atom stereocenters. The molecule has 0 atom stereocenters. The molecule has 2 heterocycles. The first kappa shape index (κ1) is 11.7. The summed E-state index contributed by atoms with van der Waals surface area (Å²) in [5.74, 6) is -0.357. The predicted molar refractivity (Wildman–Crippen MR) is 64.2 cm³/mol. The summed E-state index contributed by atoms with van der Waals surface area (Å²) < 4.78 is 4.63. The van der Waals surface area contributed by atoms with E-state index in [1.54, 1.807) is 18.5 Å². The fourth-order valence-electron chi connectivity index (χ4n) is 1.54. The number of carbonyl (C=O) groups excluding carboxylic acids is 1. The van der Waals surface area contributed by atoms with Crippen molar-refractivity contribution >= 4 is 17.6 Å². The van der Waals surface area contributed by atoms with Gasteiger partial charge in [-0.05, 0) is 17.7 Å². The first-order chi connectivity index (χ1) is 8.20. The summed E-state index contributed by atoms with van der Waals surface area (Å²) in [4.78, 5) is 18.3. The average molecular weight is 251 g/mol. The molecule has 0 saturated carbocycles. The van der Waals surface area contributed by atoms with Gasteiger partial charge in [-0.1, -0.05) is 17.7 Å². The van der Waals surface area contributed by atoms with E-state index in [-0.39, 0.29) is 5.97 Å². The number of hydrogen-bond donors (Lipinski definition) is 1. The Kier molecular flexibility index (Phi) is 3.44. The van der Waals surface area contributed by atoms with Crippen molar-refractivity contribution in [2.45, 2.75) is 6.42 Å². The Hall–Kier alpha value is -1.81. The van der Waals surface area contributed by atoms with Crippen LogP contribution >= 0.6 is 11.6 Å². The molecule has 2 aromatic heterocycles. The van der Waals surface area contributed by atoms with Gasteiger partial charge in [0.1, 0.15) is 5.15 Å². The maximum Gasteiger partial charge on any atom is 0.339 e. The van der Waals surface area contributed by atoms with E-state index in [2.05, 4.69) is 14.7 Å². The third-order valence-corrected chi connectivity index (χ3v) is 2.72. The number of ether oxygens (including phenoxy) is 1. The third-order valence-electron chi connectivity index (χ3n) is 2.38. The molecule has 0 aliphatic carbocycles. The molecular weight excluding hydrogens is 240 g/mol. The highest BCUT2D eigenvalue weighted by molar-refractivity contribution is 6.30. The number of hydrogen-bond acceptors (Lipinski definition) is 3. The van der Waals surface area contributed by atoms with Gasteiger partial charge in [0.2, 0.25) is 0 Å². The van der Waals surface area contributed by atoms with Crippen LogP contribution in [-0.2, 0) is 11.2 Å². The van der Waals surface area contributed by atoms with Gasteiger partial charge in [0.15, 0.2) is 0 Å². The van der Waals surface area contributed by atoms with E-state index in [1.807, 2.05) is 12.1 Å². The molecule has 17 heavy (non-hydrogen) atoms. The smallest absolute Gasteiger partial charge is 0.339 e. The number of nitrogens with zero attached hydrogens (tertiary/aromatic N) is 1. The van der Waals surface area contributed by atoms with Gasteiger partial charge in [-0.2, -0.15) is 0 Å². The minimum atomic E-state index is -0.357. The molecule has 0 fully saturated rings. The van der Waals surface area contributed by atoms with Crippen LogP contribution in [0.3, 0.4) is 0 Å². The van der Waals surface area contributed by atoms with E-state index >= 15 is 0 Å². The van der Waals surface area contributed by atoms with Crippen molar-refractivity contribution < 1.29 is 9.53 Å². The largest absolute Gasteiger partial charge is 0.465 e. The second-order valence-electron chi connectivity index (χ2n) is 3.54. The van der Waals surface area contributed by atoms with Crippen LogP contribution in [0.25, 0.3) is 0 Å². The lowest BCUT2D eigenvalue weighted by Crippen LogP contribution is -1.98. The Labute approximate surface area is 104 Å². The van der Waals surface area contributed by atoms with Crippen LogP contribution in [0.5, 0.6) is 0 Å². The number of nitrogens with one attached hydrogen (secondary N) is 1. The first-order valence-electron chi connectivity index (χ1n) is 5.05. The number of esters is 1. The number of pyridine rings is 1. The Morgan fingerprint density at radius 1 is 1.59 bits per heavy atom. The minimum Gasteiger partial charge on any atom is -0.465 e. The Morgan fingerprint density at radius 3 is 3.12 bits per heavy atom. The van der Waals surface area contributed by atoms with Crippen molar-refractivity contribution in [1.29, 1.82) is 0 Å². The van der Waals surface area contributed by atoms with Crippen molar-refractivity contribution in [1.82, 2.24) is 9.97 Å². The molecule has 0 amide bonds. The Balaban J connectivity index is 2.17. The molecule has 0 radical (unpaired) electrons. The number of rotatable bonds is 3. The zero-order valence-electron chi connectivity index (χ0n) is 9.24. The van der Waals surface area contributed by atoms with E-state index < -0.39 is 0 Å². The van der Waals surface area contributed by atoms with Crippen LogP contribution in [0.1, 0.15) is 21.6 Å². The molecule has 0 aliphatic heterocycles. The van der Waals surface area contributed by atoms with Gasteiger partial charge < -0.3 is 9.72 Å². The molecule has 4 nitrogen and oxygen atoms in total. The number of aromatic nitrogens is 2. The van der Waals surface area contributed by atoms with Gasteiger partial charge in [0.05, 0.1) is 12.7 Å². The fraction of sp³-hybridized carbons (Fsp3) is 0.167. The van der Waals surface area contributed by atoms with Crippen LogP contribution in [0.15, 0.2) is 30.6 Å². The molecule has 0 spiro atoms. The fourth-order valence-corrected chi connectivity index (χ4v) is 1.72. The zero-order chi connectivity index (χ0) is 12.3. The normalized spacial score (nSPS) is 10.2. The van der Waals surface area contributed by atoms with Crippen LogP contribution in [0.4, 0.5) is 0 Å². The summed E-state index contributed by atoms with van der Waals surface area (Å²) in [7, 11) is 1.35. The SMILES string of the molecule is COC(=O)c1c[nH]c(Cc2cccnc2Cl)c1. The number of halogens is 1. The van der Waals surface area contributed by atoms with Crippen molar-refractivity contribution in [2.75, 3.05) is 7.11 Å². The van der Waals surface area contributed by atoms with E-state index in [4.69, 9.17) is 11.6 Å². The lowest BCUT2D eigenvalue weighted by Gasteiger charge is -2.00. The molecule has 1 N–H and O–H groups in total. The molecule has 0 aliphatic rings. The van der Waals surface area contributed by atoms with Gasteiger partial charge in [-0.3, -0.25) is 0 Å². The zero-order valence-corrected chi connectivity index (χ0v) is 9.99. The molecule has 0 aromatic carbocycles. The van der Waals surface area contributed by atoms with Crippen LogP contribution in [0.2, 0.25) is 5.15 Å². The van der Waals surface area contributed by atoms with E-state index in [9.17, 15) is 4.79 Å². The summed E-state index contributed by atoms with van der Waals surface area (Å²) in [6.45, 7) is 0. The second-order valence-corrected chi connectivity index (χ2v) is 3.89. The molecular formula is C12H11ClN2O2. The van der Waals surface area contributed by atoms with Gasteiger partial charge >= 0.3 is 5.97 Å². The molecule has 2 rings (SSSR count). The van der Waals surface area contributed by atoms with Gasteiger partial charge in [0.25, 0.3) is 0 Å². The summed E-state index contributed by atoms with van der Waals surface area (Å²) in [5.41, 5.74) is 2.30. The number of aromatic amines is 1. The van der Waals surface area contributed by atoms with E-state index in [1.165, 1.54) is 7.11 Å². The molecule has 88 valence electrons. The summed E-state index contributed by atoms with van der Waals surface area (Å²) in [6, 6.07) is 5.47. The standard InChI is InChI=1S/C12H11ClN2O2/c1-17-12(16)9-6-10(15-7-9)5-8-3-2-4-14-11(8)13/h2-4,6-7,15H,5H2,1H3. The molecule has 0 saturated heterocycles. The summed E-state index contributed by atoms with van der Waals surface area (Å²) in [6.07, 6.45) is 3.86. The highest BCUT2D eigenvalue weighted by Gasteiger charge is 2.09. The topological polar surface area (TPSA) is 55.0 Å². The van der Waals surface area contributed by atoms with Crippen LogP contribution < -0.4 is 0 Å². The second kappa shape index (κ2) is 5.01. The number of methoxy groups -OCH3 is 1. The highest BCUT2D eigenvalue weighted by atomic mass is 35.5. The van der Waals surface area contributed by atoms with Gasteiger partial charge in [-0.25, -0.2) is 9.78 Å². The number of H-pyrrole nitrogens is 1. The van der Waals surface area contributed by atoms with Crippen molar-refractivity contribution in [3.63, 3.8) is 0 Å².